The Bertz CT molecular complexity index is 1350. The third kappa shape index (κ3) is 4.83. The van der Waals surface area contributed by atoms with Crippen molar-refractivity contribution >= 4 is 34.7 Å². The Labute approximate surface area is 196 Å². The fourth-order valence-corrected chi connectivity index (χ4v) is 3.67. The topological polar surface area (TPSA) is 75.9 Å². The second-order valence-electron chi connectivity index (χ2n) is 7.79. The average molecular weight is 463 g/mol. The molecule has 4 rings (SSSR count). The first-order valence-electron chi connectivity index (χ1n) is 10.3. The number of fused-ring (bicyclic) bond motifs is 1. The van der Waals surface area contributed by atoms with E-state index in [0.717, 1.165) is 16.9 Å². The van der Waals surface area contributed by atoms with Crippen molar-refractivity contribution in [3.63, 3.8) is 0 Å². The number of hydrogen-bond acceptors (Lipinski definition) is 4. The second kappa shape index (κ2) is 9.34. The van der Waals surface area contributed by atoms with Crippen LogP contribution in [0.15, 0.2) is 67.0 Å². The summed E-state index contributed by atoms with van der Waals surface area (Å²) in [5.41, 5.74) is 3.92. The standard InChI is InChI=1S/C25H23ClN4O3/c1-16-7-6-12-30-14-18(27-23(16)30)15-33-22-9-5-4-8-20(22)24(31)28-17-10-11-19(21(26)13-17)25(32)29(2)3/h4-14H,15H2,1-3H3,(H,28,31). The van der Waals surface area contributed by atoms with Gasteiger partial charge in [0.05, 0.1) is 21.8 Å². The molecule has 0 radical (unpaired) electrons. The van der Waals surface area contributed by atoms with E-state index >= 15 is 0 Å². The Hall–Kier alpha value is -3.84. The number of rotatable bonds is 6. The van der Waals surface area contributed by atoms with Crippen LogP contribution in [0.1, 0.15) is 32.0 Å². The molecule has 0 aliphatic carbocycles. The number of para-hydroxylation sites is 1. The lowest BCUT2D eigenvalue weighted by atomic mass is 10.1. The summed E-state index contributed by atoms with van der Waals surface area (Å²) in [6, 6.07) is 15.7. The van der Waals surface area contributed by atoms with Gasteiger partial charge in [-0.3, -0.25) is 9.59 Å². The summed E-state index contributed by atoms with van der Waals surface area (Å²) in [6.45, 7) is 2.22. The molecule has 7 nitrogen and oxygen atoms in total. The number of carbonyl (C=O) groups is 2. The van der Waals surface area contributed by atoms with E-state index in [4.69, 9.17) is 16.3 Å². The van der Waals surface area contributed by atoms with Crippen molar-refractivity contribution < 1.29 is 14.3 Å². The molecule has 8 heteroatoms. The van der Waals surface area contributed by atoms with Gasteiger partial charge in [-0.15, -0.1) is 0 Å². The van der Waals surface area contributed by atoms with E-state index in [2.05, 4.69) is 10.3 Å². The highest BCUT2D eigenvalue weighted by molar-refractivity contribution is 6.34. The number of aromatic nitrogens is 2. The molecule has 0 unspecified atom stereocenters. The summed E-state index contributed by atoms with van der Waals surface area (Å²) < 4.78 is 7.88. The van der Waals surface area contributed by atoms with Crippen molar-refractivity contribution in [2.45, 2.75) is 13.5 Å². The van der Waals surface area contributed by atoms with Crippen molar-refractivity contribution in [3.8, 4) is 5.75 Å². The maximum Gasteiger partial charge on any atom is 0.259 e. The summed E-state index contributed by atoms with van der Waals surface area (Å²) in [5, 5.41) is 3.08. The Morgan fingerprint density at radius 3 is 2.61 bits per heavy atom. The van der Waals surface area contributed by atoms with Gasteiger partial charge in [-0.25, -0.2) is 4.98 Å². The zero-order valence-corrected chi connectivity index (χ0v) is 19.3. The number of nitrogens with one attached hydrogen (secondary N) is 1. The van der Waals surface area contributed by atoms with E-state index < -0.39 is 0 Å². The third-order valence-electron chi connectivity index (χ3n) is 5.10. The Balaban J connectivity index is 1.49. The number of pyridine rings is 1. The Kier molecular flexibility index (Phi) is 6.33. The molecule has 2 heterocycles. The highest BCUT2D eigenvalue weighted by Crippen LogP contribution is 2.25. The van der Waals surface area contributed by atoms with Crippen LogP contribution in [0.4, 0.5) is 5.69 Å². The fraction of sp³-hybridized carbons (Fsp3) is 0.160. The summed E-state index contributed by atoms with van der Waals surface area (Å²) in [7, 11) is 3.30. The smallest absolute Gasteiger partial charge is 0.259 e. The van der Waals surface area contributed by atoms with Crippen LogP contribution >= 0.6 is 11.6 Å². The number of imidazole rings is 1. The minimum atomic E-state index is -0.348. The lowest BCUT2D eigenvalue weighted by Gasteiger charge is -2.14. The van der Waals surface area contributed by atoms with E-state index in [9.17, 15) is 9.59 Å². The fourth-order valence-electron chi connectivity index (χ4n) is 3.41. The van der Waals surface area contributed by atoms with Crippen LogP contribution in [0.2, 0.25) is 5.02 Å². The van der Waals surface area contributed by atoms with Gasteiger partial charge in [0, 0.05) is 32.2 Å². The van der Waals surface area contributed by atoms with E-state index in [0.29, 0.717) is 22.6 Å². The summed E-state index contributed by atoms with van der Waals surface area (Å²) in [5.74, 6) is -0.118. The van der Waals surface area contributed by atoms with Gasteiger partial charge in [-0.05, 0) is 48.9 Å². The van der Waals surface area contributed by atoms with E-state index in [1.54, 1.807) is 56.6 Å². The molecule has 2 aromatic carbocycles. The summed E-state index contributed by atoms with van der Waals surface area (Å²) >= 11 is 6.26. The number of ether oxygens (including phenoxy) is 1. The first kappa shape index (κ1) is 22.4. The van der Waals surface area contributed by atoms with Crippen LogP contribution in [-0.2, 0) is 6.61 Å². The molecule has 0 fully saturated rings. The molecule has 168 valence electrons. The lowest BCUT2D eigenvalue weighted by Crippen LogP contribution is -2.22. The van der Waals surface area contributed by atoms with Gasteiger partial charge in [-0.1, -0.05) is 29.8 Å². The maximum atomic E-state index is 12.9. The van der Waals surface area contributed by atoms with E-state index in [1.165, 1.54) is 4.90 Å². The van der Waals surface area contributed by atoms with Crippen molar-refractivity contribution in [2.24, 2.45) is 0 Å². The van der Waals surface area contributed by atoms with Gasteiger partial charge in [-0.2, -0.15) is 0 Å². The number of carbonyl (C=O) groups excluding carboxylic acids is 2. The number of halogens is 1. The van der Waals surface area contributed by atoms with Gasteiger partial charge in [0.2, 0.25) is 0 Å². The first-order valence-corrected chi connectivity index (χ1v) is 10.7. The van der Waals surface area contributed by atoms with Gasteiger partial charge in [0.1, 0.15) is 18.0 Å². The minimum absolute atomic E-state index is 0.209. The molecular formula is C25H23ClN4O3. The molecule has 0 aliphatic rings. The normalized spacial score (nSPS) is 10.8. The summed E-state index contributed by atoms with van der Waals surface area (Å²) in [6.07, 6.45) is 3.84. The quantitative estimate of drug-likeness (QED) is 0.445. The van der Waals surface area contributed by atoms with Crippen LogP contribution in [-0.4, -0.2) is 40.2 Å². The predicted octanol–water partition coefficient (Wildman–Crippen LogP) is 4.83. The number of nitrogens with zero attached hydrogens (tertiary/aromatic N) is 3. The molecule has 0 atom stereocenters. The van der Waals surface area contributed by atoms with Gasteiger partial charge >= 0.3 is 0 Å². The predicted molar refractivity (Wildman–Crippen MR) is 128 cm³/mol. The van der Waals surface area contributed by atoms with Crippen LogP contribution < -0.4 is 10.1 Å². The molecule has 1 N–H and O–H groups in total. The molecule has 0 saturated carbocycles. The lowest BCUT2D eigenvalue weighted by molar-refractivity contribution is 0.0827. The van der Waals surface area contributed by atoms with E-state index in [-0.39, 0.29) is 23.4 Å². The molecule has 0 bridgehead atoms. The highest BCUT2D eigenvalue weighted by Gasteiger charge is 2.16. The van der Waals surface area contributed by atoms with Crippen LogP contribution in [0.5, 0.6) is 5.75 Å². The molecule has 0 spiro atoms. The average Bonchev–Trinajstić information content (AvgIpc) is 3.22. The maximum absolute atomic E-state index is 12.9. The number of anilines is 1. The molecule has 2 aromatic heterocycles. The van der Waals surface area contributed by atoms with Crippen molar-refractivity contribution in [1.82, 2.24) is 14.3 Å². The van der Waals surface area contributed by atoms with Crippen LogP contribution in [0, 0.1) is 6.92 Å². The molecule has 0 aliphatic heterocycles. The van der Waals surface area contributed by atoms with Gasteiger partial charge < -0.3 is 19.4 Å². The van der Waals surface area contributed by atoms with Crippen molar-refractivity contribution in [1.29, 1.82) is 0 Å². The van der Waals surface area contributed by atoms with Crippen LogP contribution in [0.3, 0.4) is 0 Å². The molecular weight excluding hydrogens is 440 g/mol. The summed E-state index contributed by atoms with van der Waals surface area (Å²) in [4.78, 5) is 31.1. The van der Waals surface area contributed by atoms with E-state index in [1.807, 2.05) is 35.9 Å². The number of aryl methyl sites for hydroxylation is 1. The zero-order valence-electron chi connectivity index (χ0n) is 18.5. The monoisotopic (exact) mass is 462 g/mol. The van der Waals surface area contributed by atoms with Crippen LogP contribution in [0.25, 0.3) is 5.65 Å². The number of amides is 2. The third-order valence-corrected chi connectivity index (χ3v) is 5.41. The highest BCUT2D eigenvalue weighted by atomic mass is 35.5. The van der Waals surface area contributed by atoms with Crippen molar-refractivity contribution in [3.05, 3.63) is 94.4 Å². The van der Waals surface area contributed by atoms with Gasteiger partial charge in [0.15, 0.2) is 0 Å². The Morgan fingerprint density at radius 2 is 1.88 bits per heavy atom. The molecule has 0 saturated heterocycles. The van der Waals surface area contributed by atoms with Gasteiger partial charge in [0.25, 0.3) is 11.8 Å². The first-order chi connectivity index (χ1) is 15.8. The SMILES string of the molecule is Cc1cccn2cc(COc3ccccc3C(=O)Nc3ccc(C(=O)N(C)C)c(Cl)c3)nc12. The zero-order chi connectivity index (χ0) is 23.5. The number of hydrogen-bond donors (Lipinski definition) is 1. The molecule has 2 amide bonds. The minimum Gasteiger partial charge on any atom is -0.486 e. The van der Waals surface area contributed by atoms with Crippen molar-refractivity contribution in [2.75, 3.05) is 19.4 Å². The number of benzene rings is 2. The second-order valence-corrected chi connectivity index (χ2v) is 8.19. The Morgan fingerprint density at radius 1 is 1.09 bits per heavy atom. The molecule has 33 heavy (non-hydrogen) atoms. The molecule has 4 aromatic rings. The largest absolute Gasteiger partial charge is 0.486 e.